The van der Waals surface area contributed by atoms with Crippen molar-refractivity contribution in [1.82, 2.24) is 0 Å². The molecule has 0 fully saturated rings. The van der Waals surface area contributed by atoms with Gasteiger partial charge in [-0.2, -0.15) is 0 Å². The predicted molar refractivity (Wildman–Crippen MR) is 47.9 cm³/mol. The van der Waals surface area contributed by atoms with E-state index in [1.54, 1.807) is 12.2 Å². The largest absolute Gasteiger partial charge is 0.508 e. The summed E-state index contributed by atoms with van der Waals surface area (Å²) in [5.74, 6) is 0.266. The van der Waals surface area contributed by atoms with Crippen molar-refractivity contribution in [3.63, 3.8) is 0 Å². The maximum Gasteiger partial charge on any atom is 0.123 e. The highest BCUT2D eigenvalue weighted by Crippen LogP contribution is 2.22. The van der Waals surface area contributed by atoms with Gasteiger partial charge in [0.05, 0.1) is 0 Å². The topological polar surface area (TPSA) is 66.5 Å². The average molecular weight is 165 g/mol. The van der Waals surface area contributed by atoms with E-state index in [0.29, 0.717) is 12.1 Å². The van der Waals surface area contributed by atoms with Crippen LogP contribution < -0.4 is 5.73 Å². The molecule has 3 nitrogen and oxygen atoms in total. The van der Waals surface area contributed by atoms with Gasteiger partial charge in [0.2, 0.25) is 0 Å². The first kappa shape index (κ1) is 8.62. The number of rotatable bonds is 2. The quantitative estimate of drug-likeness (QED) is 0.574. The fourth-order valence-electron chi connectivity index (χ4n) is 0.870. The van der Waals surface area contributed by atoms with Crippen molar-refractivity contribution in [2.24, 2.45) is 5.73 Å². The fraction of sp³-hybridized carbons (Fsp3) is 0.111. The number of phenols is 2. The van der Waals surface area contributed by atoms with Crippen LogP contribution in [0.1, 0.15) is 5.56 Å². The van der Waals surface area contributed by atoms with Crippen LogP contribution >= 0.6 is 0 Å². The Kier molecular flexibility index (Phi) is 2.71. The summed E-state index contributed by atoms with van der Waals surface area (Å²) in [5, 5.41) is 18.3. The third-order valence-electron chi connectivity index (χ3n) is 1.44. The first-order valence-corrected chi connectivity index (χ1v) is 3.62. The second kappa shape index (κ2) is 3.78. The molecule has 0 saturated heterocycles. The normalized spacial score (nSPS) is 10.8. The van der Waals surface area contributed by atoms with Crippen LogP contribution in [0, 0.1) is 0 Å². The highest BCUT2D eigenvalue weighted by molar-refractivity contribution is 5.58. The van der Waals surface area contributed by atoms with Gasteiger partial charge in [-0.15, -0.1) is 0 Å². The first-order valence-electron chi connectivity index (χ1n) is 3.62. The van der Waals surface area contributed by atoms with E-state index in [1.165, 1.54) is 18.2 Å². The van der Waals surface area contributed by atoms with Crippen molar-refractivity contribution >= 4 is 6.08 Å². The van der Waals surface area contributed by atoms with Crippen molar-refractivity contribution in [2.75, 3.05) is 6.54 Å². The zero-order chi connectivity index (χ0) is 8.97. The standard InChI is InChI=1S/C9H11NO2/c10-5-1-2-7-6-8(11)3-4-9(7)12/h1-4,6,11-12H,5,10H2/b2-1+. The van der Waals surface area contributed by atoms with Gasteiger partial charge in [-0.1, -0.05) is 12.2 Å². The molecule has 64 valence electrons. The van der Waals surface area contributed by atoms with Crippen LogP contribution in [0.25, 0.3) is 6.08 Å². The zero-order valence-electron chi connectivity index (χ0n) is 6.57. The Morgan fingerprint density at radius 3 is 2.75 bits per heavy atom. The van der Waals surface area contributed by atoms with E-state index in [9.17, 15) is 5.11 Å². The van der Waals surface area contributed by atoms with Crippen LogP contribution in [0.3, 0.4) is 0 Å². The summed E-state index contributed by atoms with van der Waals surface area (Å²) in [6.07, 6.45) is 3.36. The highest BCUT2D eigenvalue weighted by atomic mass is 16.3. The molecule has 4 N–H and O–H groups in total. The molecule has 0 radical (unpaired) electrons. The average Bonchev–Trinajstić information content (AvgIpc) is 2.07. The van der Waals surface area contributed by atoms with Crippen molar-refractivity contribution < 1.29 is 10.2 Å². The van der Waals surface area contributed by atoms with Gasteiger partial charge in [-0.25, -0.2) is 0 Å². The lowest BCUT2D eigenvalue weighted by atomic mass is 10.2. The molecule has 0 heterocycles. The number of phenolic OH excluding ortho intramolecular Hbond substituents is 2. The van der Waals surface area contributed by atoms with Crippen molar-refractivity contribution in [3.05, 3.63) is 29.8 Å². The summed E-state index contributed by atoms with van der Waals surface area (Å²) in [6, 6.07) is 4.34. The minimum absolute atomic E-state index is 0.129. The molecule has 0 aromatic heterocycles. The number of benzene rings is 1. The molecule has 0 spiro atoms. The molecular weight excluding hydrogens is 154 g/mol. The van der Waals surface area contributed by atoms with Crippen molar-refractivity contribution in [3.8, 4) is 11.5 Å². The second-order valence-electron chi connectivity index (χ2n) is 2.38. The molecule has 0 aliphatic rings. The molecule has 0 bridgehead atoms. The molecule has 0 aliphatic carbocycles. The highest BCUT2D eigenvalue weighted by Gasteiger charge is 1.96. The summed E-state index contributed by atoms with van der Waals surface area (Å²) in [5.41, 5.74) is 5.80. The van der Waals surface area contributed by atoms with Crippen LogP contribution in [-0.4, -0.2) is 16.8 Å². The zero-order valence-corrected chi connectivity index (χ0v) is 6.57. The first-order chi connectivity index (χ1) is 5.74. The Balaban J connectivity index is 2.97. The van der Waals surface area contributed by atoms with Crippen LogP contribution in [0.2, 0.25) is 0 Å². The maximum absolute atomic E-state index is 9.26. The lowest BCUT2D eigenvalue weighted by Gasteiger charge is -1.98. The molecule has 0 saturated carbocycles. The Morgan fingerprint density at radius 2 is 2.08 bits per heavy atom. The van der Waals surface area contributed by atoms with Crippen molar-refractivity contribution in [2.45, 2.75) is 0 Å². The number of nitrogens with two attached hydrogens (primary N) is 1. The Morgan fingerprint density at radius 1 is 1.33 bits per heavy atom. The monoisotopic (exact) mass is 165 g/mol. The van der Waals surface area contributed by atoms with Gasteiger partial charge >= 0.3 is 0 Å². The Hall–Kier alpha value is -1.48. The molecular formula is C9H11NO2. The van der Waals surface area contributed by atoms with Crippen LogP contribution in [0.15, 0.2) is 24.3 Å². The minimum atomic E-state index is 0.129. The van der Waals surface area contributed by atoms with E-state index in [-0.39, 0.29) is 11.5 Å². The fourth-order valence-corrected chi connectivity index (χ4v) is 0.870. The minimum Gasteiger partial charge on any atom is -0.508 e. The number of aromatic hydroxyl groups is 2. The van der Waals surface area contributed by atoms with Gasteiger partial charge in [0.1, 0.15) is 11.5 Å². The van der Waals surface area contributed by atoms with E-state index in [2.05, 4.69) is 0 Å². The molecule has 12 heavy (non-hydrogen) atoms. The van der Waals surface area contributed by atoms with E-state index in [4.69, 9.17) is 10.8 Å². The lowest BCUT2D eigenvalue weighted by molar-refractivity contribution is 0.459. The predicted octanol–water partition coefficient (Wildman–Crippen LogP) is 1.07. The van der Waals surface area contributed by atoms with Gasteiger partial charge < -0.3 is 15.9 Å². The molecule has 0 aliphatic heterocycles. The lowest BCUT2D eigenvalue weighted by Crippen LogP contribution is -1.91. The SMILES string of the molecule is NC/C=C/c1cc(O)ccc1O. The number of hydrogen-bond donors (Lipinski definition) is 3. The van der Waals surface area contributed by atoms with Gasteiger partial charge in [-0.05, 0) is 18.2 Å². The summed E-state index contributed by atoms with van der Waals surface area (Å²) in [7, 11) is 0. The molecule has 1 aromatic rings. The summed E-state index contributed by atoms with van der Waals surface area (Å²) >= 11 is 0. The number of hydrogen-bond acceptors (Lipinski definition) is 3. The molecule has 0 unspecified atom stereocenters. The van der Waals surface area contributed by atoms with E-state index < -0.39 is 0 Å². The molecule has 3 heteroatoms. The van der Waals surface area contributed by atoms with Crippen molar-refractivity contribution in [1.29, 1.82) is 0 Å². The smallest absolute Gasteiger partial charge is 0.123 e. The van der Waals surface area contributed by atoms with Crippen LogP contribution in [0.4, 0.5) is 0 Å². The van der Waals surface area contributed by atoms with Crippen LogP contribution in [-0.2, 0) is 0 Å². The molecule has 0 amide bonds. The third-order valence-corrected chi connectivity index (χ3v) is 1.44. The van der Waals surface area contributed by atoms with E-state index >= 15 is 0 Å². The van der Waals surface area contributed by atoms with Gasteiger partial charge in [0, 0.05) is 12.1 Å². The van der Waals surface area contributed by atoms with E-state index in [0.717, 1.165) is 0 Å². The van der Waals surface area contributed by atoms with Gasteiger partial charge in [-0.3, -0.25) is 0 Å². The molecule has 0 atom stereocenters. The summed E-state index contributed by atoms with van der Waals surface area (Å²) < 4.78 is 0. The maximum atomic E-state index is 9.26. The van der Waals surface area contributed by atoms with E-state index in [1.807, 2.05) is 0 Å². The second-order valence-corrected chi connectivity index (χ2v) is 2.38. The van der Waals surface area contributed by atoms with Crippen LogP contribution in [0.5, 0.6) is 11.5 Å². The Labute approximate surface area is 70.8 Å². The Bertz CT molecular complexity index is 295. The summed E-state index contributed by atoms with van der Waals surface area (Å²) in [6.45, 7) is 0.412. The summed E-state index contributed by atoms with van der Waals surface area (Å²) in [4.78, 5) is 0. The van der Waals surface area contributed by atoms with Gasteiger partial charge in [0.15, 0.2) is 0 Å². The third kappa shape index (κ3) is 2.00. The molecule has 1 aromatic carbocycles. The molecule has 1 rings (SSSR count). The van der Waals surface area contributed by atoms with Gasteiger partial charge in [0.25, 0.3) is 0 Å².